The van der Waals surface area contributed by atoms with Crippen LogP contribution in [0, 0.1) is 29.6 Å². The van der Waals surface area contributed by atoms with Gasteiger partial charge in [0.1, 0.15) is 24.0 Å². The van der Waals surface area contributed by atoms with E-state index in [1.54, 1.807) is 21.0 Å². The fourth-order valence-corrected chi connectivity index (χ4v) is 9.69. The number of allylic oxidation sites excluding steroid dienone is 3. The number of carbonyl (C=O) groups excluding carboxylic acids is 4. The highest BCUT2D eigenvalue weighted by atomic mass is 35.5. The van der Waals surface area contributed by atoms with Gasteiger partial charge in [-0.15, -0.1) is 11.6 Å². The van der Waals surface area contributed by atoms with Crippen molar-refractivity contribution in [2.75, 3.05) is 27.9 Å². The number of hydrogen-bond acceptors (Lipinski definition) is 11. The zero-order valence-electron chi connectivity index (χ0n) is 35.0. The van der Waals surface area contributed by atoms with Crippen molar-refractivity contribution >= 4 is 35.0 Å². The third-order valence-corrected chi connectivity index (χ3v) is 13.3. The van der Waals surface area contributed by atoms with E-state index < -0.39 is 77.8 Å². The summed E-state index contributed by atoms with van der Waals surface area (Å²) in [5.74, 6) is -7.31. The van der Waals surface area contributed by atoms with Gasteiger partial charge in [0.25, 0.3) is 11.7 Å². The second-order valence-electron chi connectivity index (χ2n) is 17.1. The SMILES string of the molecule is CC[C@H]1C=C(C)C[C@H](C)C[C@H](OC)[C@H]2O[C@@](O)(C(=O)C(=O)N3CCCC[C@H]3C(=O)O[C@H](/C(C)=C/[C@@H]3CC[C@H](Cl)[C@H](OC)C3)[C@H](C)[C@@H](O)CC1=O)[C@H](C)C[C@@H]2OC. The predicted octanol–water partition coefficient (Wildman–Crippen LogP) is 5.72. The van der Waals surface area contributed by atoms with Crippen LogP contribution in [-0.4, -0.2) is 120 Å². The molecule has 14 atom stereocenters. The number of nitrogens with zero attached hydrogens (tertiary/aromatic N) is 1. The second-order valence-corrected chi connectivity index (χ2v) is 17.7. The monoisotopic (exact) mass is 809 g/mol. The summed E-state index contributed by atoms with van der Waals surface area (Å²) in [7, 11) is 4.71. The number of alkyl halides is 1. The predicted molar refractivity (Wildman–Crippen MR) is 212 cm³/mol. The maximum atomic E-state index is 14.3. The number of methoxy groups -OCH3 is 3. The largest absolute Gasteiger partial charge is 0.456 e. The van der Waals surface area contributed by atoms with Crippen molar-refractivity contribution in [2.45, 2.75) is 166 Å². The van der Waals surface area contributed by atoms with Crippen molar-refractivity contribution < 1.29 is 53.1 Å². The normalized spacial score (nSPS) is 40.6. The van der Waals surface area contributed by atoms with E-state index in [1.807, 2.05) is 32.9 Å². The molecule has 3 aliphatic heterocycles. The lowest BCUT2D eigenvalue weighted by molar-refractivity contribution is -0.302. The van der Waals surface area contributed by atoms with Gasteiger partial charge >= 0.3 is 5.97 Å². The standard InChI is InChI=1S/C43H68ClNO11/c1-10-30-18-24(2)17-25(3)19-36(53-8)39-37(54-9)21-27(5)43(51,56-39)40(48)41(49)45-16-12-11-13-32(45)42(50)55-38(28(6)33(46)23-34(30)47)26(4)20-29-14-15-31(44)35(22-29)52-7/h18,20,25,27-33,35-39,46,51H,10-17,19,21-23H2,1-9H3/b24-18?,26-20+/t25-,27+,28+,29-,30-,31-,32-,33-,35+,36-,37-,38+,39+,43+/m0/s1. The van der Waals surface area contributed by atoms with Gasteiger partial charge in [0.2, 0.25) is 5.79 Å². The lowest BCUT2D eigenvalue weighted by atomic mass is 9.82. The zero-order chi connectivity index (χ0) is 41.5. The molecule has 0 aromatic carbocycles. The molecule has 1 aliphatic carbocycles. The molecular weight excluding hydrogens is 742 g/mol. The lowest BCUT2D eigenvalue weighted by Crippen LogP contribution is -2.64. The van der Waals surface area contributed by atoms with Crippen molar-refractivity contribution in [2.24, 2.45) is 29.6 Å². The van der Waals surface area contributed by atoms with Gasteiger partial charge < -0.3 is 38.8 Å². The number of carbonyl (C=O) groups is 4. The number of rotatable bonds is 6. The molecule has 318 valence electrons. The fraction of sp³-hybridized carbons (Fsp3) is 0.814. The van der Waals surface area contributed by atoms with Gasteiger partial charge in [0, 0.05) is 52.0 Å². The van der Waals surface area contributed by atoms with E-state index in [0.717, 1.165) is 18.4 Å². The van der Waals surface area contributed by atoms with Crippen molar-refractivity contribution in [1.29, 1.82) is 0 Å². The number of aliphatic hydroxyl groups is 2. The minimum atomic E-state index is -2.49. The van der Waals surface area contributed by atoms with Gasteiger partial charge in [-0.3, -0.25) is 14.4 Å². The van der Waals surface area contributed by atoms with Crippen LogP contribution in [0.25, 0.3) is 0 Å². The van der Waals surface area contributed by atoms with Crippen LogP contribution in [0.1, 0.15) is 112 Å². The molecule has 2 bridgehead atoms. The summed E-state index contributed by atoms with van der Waals surface area (Å²) < 4.78 is 29.9. The Kier molecular flexibility index (Phi) is 17.2. The van der Waals surface area contributed by atoms with Crippen molar-refractivity contribution in [3.63, 3.8) is 0 Å². The molecule has 12 nitrogen and oxygen atoms in total. The number of amides is 1. The Morgan fingerprint density at radius 1 is 0.964 bits per heavy atom. The highest BCUT2D eigenvalue weighted by molar-refractivity contribution is 6.39. The van der Waals surface area contributed by atoms with Gasteiger partial charge in [0.15, 0.2) is 0 Å². The quantitative estimate of drug-likeness (QED) is 0.146. The Hall–Kier alpha value is -2.19. The number of halogens is 1. The Morgan fingerprint density at radius 3 is 2.27 bits per heavy atom. The summed E-state index contributed by atoms with van der Waals surface area (Å²) in [4.78, 5) is 57.7. The van der Waals surface area contributed by atoms with Crippen LogP contribution in [-0.2, 0) is 42.9 Å². The first-order chi connectivity index (χ1) is 26.5. The lowest BCUT2D eigenvalue weighted by Gasteiger charge is -2.47. The van der Waals surface area contributed by atoms with Crippen LogP contribution in [0.2, 0.25) is 0 Å². The smallest absolute Gasteiger partial charge is 0.329 e. The van der Waals surface area contributed by atoms with E-state index in [1.165, 1.54) is 19.1 Å². The average molecular weight is 810 g/mol. The van der Waals surface area contributed by atoms with Crippen LogP contribution in [0.4, 0.5) is 0 Å². The van der Waals surface area contributed by atoms with E-state index in [9.17, 15) is 29.4 Å². The summed E-state index contributed by atoms with van der Waals surface area (Å²) in [6.45, 7) is 11.3. The maximum Gasteiger partial charge on any atom is 0.329 e. The number of ether oxygens (including phenoxy) is 5. The van der Waals surface area contributed by atoms with Crippen molar-refractivity contribution in [1.82, 2.24) is 4.90 Å². The molecule has 0 radical (unpaired) electrons. The van der Waals surface area contributed by atoms with E-state index in [2.05, 4.69) is 6.92 Å². The molecule has 0 spiro atoms. The molecule has 3 heterocycles. The Balaban J connectivity index is 1.76. The fourth-order valence-electron chi connectivity index (χ4n) is 9.36. The number of hydrogen-bond donors (Lipinski definition) is 2. The molecule has 2 N–H and O–H groups in total. The molecule has 56 heavy (non-hydrogen) atoms. The Morgan fingerprint density at radius 2 is 1.62 bits per heavy atom. The number of esters is 1. The van der Waals surface area contributed by atoms with Gasteiger partial charge in [0.05, 0.1) is 29.8 Å². The summed E-state index contributed by atoms with van der Waals surface area (Å²) in [6.07, 6.45) is 5.16. The topological polar surface area (TPSA) is 158 Å². The number of cyclic esters (lactones) is 1. The molecule has 3 fully saturated rings. The molecule has 1 saturated carbocycles. The first kappa shape index (κ1) is 46.5. The highest BCUT2D eigenvalue weighted by Crippen LogP contribution is 2.39. The third-order valence-electron chi connectivity index (χ3n) is 12.8. The molecule has 2 saturated heterocycles. The van der Waals surface area contributed by atoms with Crippen LogP contribution in [0.3, 0.4) is 0 Å². The van der Waals surface area contributed by atoms with E-state index in [0.29, 0.717) is 44.1 Å². The zero-order valence-corrected chi connectivity index (χ0v) is 35.8. The average Bonchev–Trinajstić information content (AvgIpc) is 3.18. The summed E-state index contributed by atoms with van der Waals surface area (Å²) >= 11 is 6.52. The number of ketones is 2. The molecule has 4 aliphatic rings. The van der Waals surface area contributed by atoms with Crippen LogP contribution in [0.15, 0.2) is 23.3 Å². The van der Waals surface area contributed by atoms with E-state index in [-0.39, 0.29) is 54.9 Å². The van der Waals surface area contributed by atoms with Crippen molar-refractivity contribution in [3.05, 3.63) is 23.3 Å². The highest BCUT2D eigenvalue weighted by Gasteiger charge is 2.56. The third kappa shape index (κ3) is 10.9. The molecule has 0 unspecified atom stereocenters. The summed E-state index contributed by atoms with van der Waals surface area (Å²) in [5, 5.41) is 23.6. The maximum absolute atomic E-state index is 14.3. The first-order valence-corrected chi connectivity index (χ1v) is 21.2. The van der Waals surface area contributed by atoms with E-state index >= 15 is 0 Å². The number of fused-ring (bicyclic) bond motifs is 3. The number of aliphatic hydroxyl groups excluding tert-OH is 1. The molecule has 0 aromatic heterocycles. The molecule has 0 aromatic rings. The minimum absolute atomic E-state index is 0.0425. The summed E-state index contributed by atoms with van der Waals surface area (Å²) in [5.41, 5.74) is 1.71. The summed E-state index contributed by atoms with van der Waals surface area (Å²) in [6, 6.07) is -1.12. The molecule has 4 rings (SSSR count). The van der Waals surface area contributed by atoms with Gasteiger partial charge in [-0.1, -0.05) is 45.4 Å². The van der Waals surface area contributed by atoms with Gasteiger partial charge in [-0.2, -0.15) is 0 Å². The van der Waals surface area contributed by atoms with Crippen LogP contribution >= 0.6 is 11.6 Å². The van der Waals surface area contributed by atoms with Crippen molar-refractivity contribution in [3.8, 4) is 0 Å². The van der Waals surface area contributed by atoms with E-state index in [4.69, 9.17) is 35.3 Å². The molecule has 1 amide bonds. The number of Topliss-reactive ketones (excluding diaryl/α,β-unsaturated/α-hetero) is 2. The van der Waals surface area contributed by atoms with Crippen LogP contribution < -0.4 is 0 Å². The minimum Gasteiger partial charge on any atom is -0.456 e. The molecular formula is C43H68ClNO11. The molecule has 13 heteroatoms. The Bertz CT molecular complexity index is 1440. The first-order valence-electron chi connectivity index (χ1n) is 20.7. The number of piperidine rings is 1. The van der Waals surface area contributed by atoms with Crippen LogP contribution in [0.5, 0.6) is 0 Å². The van der Waals surface area contributed by atoms with Gasteiger partial charge in [-0.25, -0.2) is 4.79 Å². The Labute approximate surface area is 339 Å². The van der Waals surface area contributed by atoms with Gasteiger partial charge in [-0.05, 0) is 95.5 Å². The second kappa shape index (κ2) is 20.7.